The number of H-pyrrole nitrogens is 1. The molecule has 1 aromatic carbocycles. The second-order valence-electron chi connectivity index (χ2n) is 8.54. The number of aromatic nitrogens is 3. The first-order valence-electron chi connectivity index (χ1n) is 10.9. The predicted molar refractivity (Wildman–Crippen MR) is 123 cm³/mol. The molecule has 2 aromatic heterocycles. The van der Waals surface area contributed by atoms with Crippen LogP contribution in [0.5, 0.6) is 6.01 Å². The largest absolute Gasteiger partial charge is 0.461 e. The number of rotatable bonds is 6. The van der Waals surface area contributed by atoms with Crippen molar-refractivity contribution in [3.05, 3.63) is 35.4 Å². The molecule has 1 saturated carbocycles. The van der Waals surface area contributed by atoms with Gasteiger partial charge >= 0.3 is 0 Å². The SMILES string of the molecule is CC(C(N)=O)C1CC(Oc2nc3nc(-c4ccc(N5CCOCC5)cc4)c(Cl)cc3[nH]2)C1. The van der Waals surface area contributed by atoms with E-state index < -0.39 is 0 Å². The third kappa shape index (κ3) is 4.12. The molecule has 1 aliphatic heterocycles. The first kappa shape index (κ1) is 21.0. The molecule has 1 aliphatic carbocycles. The molecule has 2 fully saturated rings. The van der Waals surface area contributed by atoms with Gasteiger partial charge in [-0.25, -0.2) is 4.98 Å². The summed E-state index contributed by atoms with van der Waals surface area (Å²) in [7, 11) is 0. The van der Waals surface area contributed by atoms with E-state index in [0.29, 0.717) is 22.4 Å². The van der Waals surface area contributed by atoms with E-state index in [1.54, 1.807) is 0 Å². The summed E-state index contributed by atoms with van der Waals surface area (Å²) in [4.78, 5) is 25.9. The maximum absolute atomic E-state index is 11.3. The Balaban J connectivity index is 1.30. The van der Waals surface area contributed by atoms with E-state index in [-0.39, 0.29) is 23.8 Å². The van der Waals surface area contributed by atoms with Crippen molar-refractivity contribution in [2.75, 3.05) is 31.2 Å². The van der Waals surface area contributed by atoms with Crippen molar-refractivity contribution >= 4 is 34.4 Å². The molecular formula is C23H26ClN5O3. The van der Waals surface area contributed by atoms with Crippen LogP contribution in [0.1, 0.15) is 19.8 Å². The molecule has 3 aromatic rings. The lowest BCUT2D eigenvalue weighted by Crippen LogP contribution is -2.41. The highest BCUT2D eigenvalue weighted by Gasteiger charge is 2.37. The lowest BCUT2D eigenvalue weighted by molar-refractivity contribution is -0.125. The molecule has 0 radical (unpaired) electrons. The number of nitrogens with zero attached hydrogens (tertiary/aromatic N) is 3. The first-order valence-corrected chi connectivity index (χ1v) is 11.3. The van der Waals surface area contributed by atoms with Gasteiger partial charge in [0.15, 0.2) is 5.65 Å². The van der Waals surface area contributed by atoms with Gasteiger partial charge in [-0.3, -0.25) is 4.79 Å². The van der Waals surface area contributed by atoms with Crippen LogP contribution in [-0.4, -0.2) is 53.3 Å². The van der Waals surface area contributed by atoms with Crippen LogP contribution in [0, 0.1) is 11.8 Å². The summed E-state index contributed by atoms with van der Waals surface area (Å²) in [6.07, 6.45) is 1.59. The zero-order chi connectivity index (χ0) is 22.2. The number of carbonyl (C=O) groups excluding carboxylic acids is 1. The number of ether oxygens (including phenoxy) is 2. The van der Waals surface area contributed by atoms with E-state index in [2.05, 4.69) is 32.0 Å². The number of anilines is 1. The second-order valence-corrected chi connectivity index (χ2v) is 8.95. The van der Waals surface area contributed by atoms with Crippen LogP contribution in [-0.2, 0) is 9.53 Å². The number of fused-ring (bicyclic) bond motifs is 1. The first-order chi connectivity index (χ1) is 15.5. The van der Waals surface area contributed by atoms with Gasteiger partial charge in [-0.2, -0.15) is 4.98 Å². The molecule has 0 spiro atoms. The zero-order valence-electron chi connectivity index (χ0n) is 17.9. The second kappa shape index (κ2) is 8.60. The van der Waals surface area contributed by atoms with Gasteiger partial charge in [0.05, 0.1) is 29.4 Å². The van der Waals surface area contributed by atoms with E-state index in [0.717, 1.165) is 55.9 Å². The molecule has 0 bridgehead atoms. The van der Waals surface area contributed by atoms with Crippen molar-refractivity contribution in [2.24, 2.45) is 17.6 Å². The monoisotopic (exact) mass is 455 g/mol. The minimum atomic E-state index is -0.262. The smallest absolute Gasteiger partial charge is 0.296 e. The van der Waals surface area contributed by atoms with Crippen LogP contribution in [0.4, 0.5) is 5.69 Å². The van der Waals surface area contributed by atoms with Crippen molar-refractivity contribution in [3.63, 3.8) is 0 Å². The van der Waals surface area contributed by atoms with Gasteiger partial charge in [0, 0.05) is 30.3 Å². The van der Waals surface area contributed by atoms with E-state index in [1.807, 2.05) is 25.1 Å². The Bertz CT molecular complexity index is 1120. The topological polar surface area (TPSA) is 106 Å². The van der Waals surface area contributed by atoms with E-state index in [9.17, 15) is 4.79 Å². The molecule has 8 nitrogen and oxygen atoms in total. The highest BCUT2D eigenvalue weighted by molar-refractivity contribution is 6.33. The summed E-state index contributed by atoms with van der Waals surface area (Å²) in [5.41, 5.74) is 9.45. The molecule has 1 unspecified atom stereocenters. The number of nitrogens with two attached hydrogens (primary N) is 1. The Hall–Kier alpha value is -2.84. The highest BCUT2D eigenvalue weighted by Crippen LogP contribution is 2.37. The fourth-order valence-corrected chi connectivity index (χ4v) is 4.57. The van der Waals surface area contributed by atoms with E-state index >= 15 is 0 Å². The molecule has 168 valence electrons. The fourth-order valence-electron chi connectivity index (χ4n) is 4.31. The van der Waals surface area contributed by atoms with Crippen molar-refractivity contribution in [1.82, 2.24) is 15.0 Å². The average molecular weight is 456 g/mol. The minimum absolute atomic E-state index is 0.0186. The number of hydrogen-bond donors (Lipinski definition) is 2. The number of imidazole rings is 1. The Morgan fingerprint density at radius 2 is 1.97 bits per heavy atom. The lowest BCUT2D eigenvalue weighted by Gasteiger charge is -2.37. The Morgan fingerprint density at radius 3 is 2.66 bits per heavy atom. The molecular weight excluding hydrogens is 430 g/mol. The summed E-state index contributed by atoms with van der Waals surface area (Å²) < 4.78 is 11.4. The van der Waals surface area contributed by atoms with Gasteiger partial charge in [-0.15, -0.1) is 0 Å². The molecule has 5 rings (SSSR count). The van der Waals surface area contributed by atoms with Crippen LogP contribution < -0.4 is 15.4 Å². The normalized spacial score (nSPS) is 21.9. The standard InChI is InChI=1S/C23H26ClN5O3/c1-13(21(25)30)15-10-17(11-15)32-23-26-19-12-18(24)20(27-22(19)28-23)14-2-4-16(5-3-14)29-6-8-31-9-7-29/h2-5,12-13,15,17H,6-11H2,1H3,(H2,25,30)(H,26,27,28). The molecule has 1 atom stereocenters. The number of carbonyl (C=O) groups is 1. The molecule has 3 heterocycles. The van der Waals surface area contributed by atoms with Crippen LogP contribution in [0.15, 0.2) is 30.3 Å². The van der Waals surface area contributed by atoms with E-state index in [1.165, 1.54) is 0 Å². The Labute approximate surface area is 191 Å². The van der Waals surface area contributed by atoms with Gasteiger partial charge in [-0.05, 0) is 37.0 Å². The van der Waals surface area contributed by atoms with Crippen molar-refractivity contribution < 1.29 is 14.3 Å². The predicted octanol–water partition coefficient (Wildman–Crippen LogP) is 3.39. The van der Waals surface area contributed by atoms with Crippen molar-refractivity contribution in [1.29, 1.82) is 0 Å². The number of pyridine rings is 1. The molecule has 9 heteroatoms. The molecule has 1 saturated heterocycles. The van der Waals surface area contributed by atoms with Gasteiger partial charge < -0.3 is 25.1 Å². The minimum Gasteiger partial charge on any atom is -0.461 e. The highest BCUT2D eigenvalue weighted by atomic mass is 35.5. The van der Waals surface area contributed by atoms with Crippen LogP contribution in [0.2, 0.25) is 5.02 Å². The third-order valence-corrected chi connectivity index (χ3v) is 6.78. The summed E-state index contributed by atoms with van der Waals surface area (Å²) in [6.45, 7) is 5.15. The summed E-state index contributed by atoms with van der Waals surface area (Å²) >= 11 is 6.54. The number of nitrogens with one attached hydrogen (secondary N) is 1. The summed E-state index contributed by atoms with van der Waals surface area (Å²) in [6, 6.07) is 10.5. The van der Waals surface area contributed by atoms with Crippen LogP contribution in [0.3, 0.4) is 0 Å². The van der Waals surface area contributed by atoms with Gasteiger partial charge in [0.1, 0.15) is 6.10 Å². The number of hydrogen-bond acceptors (Lipinski definition) is 6. The number of aromatic amines is 1. The van der Waals surface area contributed by atoms with Gasteiger partial charge in [0.2, 0.25) is 5.91 Å². The maximum Gasteiger partial charge on any atom is 0.296 e. The lowest BCUT2D eigenvalue weighted by atomic mass is 9.74. The number of halogens is 1. The van der Waals surface area contributed by atoms with Gasteiger partial charge in [0.25, 0.3) is 6.01 Å². The zero-order valence-corrected chi connectivity index (χ0v) is 18.6. The molecule has 2 aliphatic rings. The van der Waals surface area contributed by atoms with E-state index in [4.69, 9.17) is 26.8 Å². The van der Waals surface area contributed by atoms with Gasteiger partial charge in [-0.1, -0.05) is 30.7 Å². The number of morpholine rings is 1. The Kier molecular flexibility index (Phi) is 5.65. The van der Waals surface area contributed by atoms with Crippen LogP contribution >= 0.6 is 11.6 Å². The third-order valence-electron chi connectivity index (χ3n) is 6.49. The number of benzene rings is 1. The summed E-state index contributed by atoms with van der Waals surface area (Å²) in [5.74, 6) is -0.133. The molecule has 1 amide bonds. The summed E-state index contributed by atoms with van der Waals surface area (Å²) in [5, 5.41) is 0.547. The fraction of sp³-hybridized carbons (Fsp3) is 0.435. The number of primary amides is 1. The Morgan fingerprint density at radius 1 is 1.25 bits per heavy atom. The molecule has 32 heavy (non-hydrogen) atoms. The van der Waals surface area contributed by atoms with Crippen LogP contribution in [0.25, 0.3) is 22.4 Å². The molecule has 3 N–H and O–H groups in total. The maximum atomic E-state index is 11.3. The van der Waals surface area contributed by atoms with Crippen molar-refractivity contribution in [2.45, 2.75) is 25.9 Å². The van der Waals surface area contributed by atoms with Crippen molar-refractivity contribution in [3.8, 4) is 17.3 Å². The average Bonchev–Trinajstić information content (AvgIpc) is 3.17. The quantitative estimate of drug-likeness (QED) is 0.590. The number of amides is 1.